The van der Waals surface area contributed by atoms with Crippen LogP contribution in [0.2, 0.25) is 0 Å². The molecule has 0 radical (unpaired) electrons. The van der Waals surface area contributed by atoms with Crippen LogP contribution < -0.4 is 0 Å². The Kier molecular flexibility index (Phi) is 3.11. The molecular formula is C10H6BrN3O4. The SMILES string of the molecule is O=C(O)c1cc(Br)cc(-n2cnc([N+](=O)[O-])c2)c1. The third-order valence-corrected chi connectivity index (χ3v) is 2.64. The summed E-state index contributed by atoms with van der Waals surface area (Å²) in [6.45, 7) is 0. The smallest absolute Gasteiger partial charge is 0.381 e. The highest BCUT2D eigenvalue weighted by molar-refractivity contribution is 9.10. The number of rotatable bonds is 3. The van der Waals surface area contributed by atoms with E-state index in [-0.39, 0.29) is 11.4 Å². The summed E-state index contributed by atoms with van der Waals surface area (Å²) < 4.78 is 1.95. The van der Waals surface area contributed by atoms with Crippen LogP contribution >= 0.6 is 15.9 Å². The minimum Gasteiger partial charge on any atom is -0.478 e. The zero-order valence-corrected chi connectivity index (χ0v) is 10.4. The minimum atomic E-state index is -1.08. The van der Waals surface area contributed by atoms with E-state index < -0.39 is 10.9 Å². The Morgan fingerprint density at radius 1 is 1.44 bits per heavy atom. The van der Waals surface area contributed by atoms with Gasteiger partial charge in [-0.1, -0.05) is 15.9 Å². The number of benzene rings is 1. The summed E-state index contributed by atoms with van der Waals surface area (Å²) in [7, 11) is 0. The van der Waals surface area contributed by atoms with Gasteiger partial charge >= 0.3 is 11.8 Å². The van der Waals surface area contributed by atoms with Crippen LogP contribution in [0.3, 0.4) is 0 Å². The van der Waals surface area contributed by atoms with Gasteiger partial charge in [0.15, 0.2) is 0 Å². The van der Waals surface area contributed by atoms with Crippen molar-refractivity contribution in [3.8, 4) is 5.69 Å². The number of halogens is 1. The summed E-state index contributed by atoms with van der Waals surface area (Å²) in [6.07, 6.45) is 2.47. The van der Waals surface area contributed by atoms with Crippen molar-refractivity contribution in [2.45, 2.75) is 0 Å². The second-order valence-electron chi connectivity index (χ2n) is 3.40. The Morgan fingerprint density at radius 2 is 2.17 bits per heavy atom. The lowest BCUT2D eigenvalue weighted by molar-refractivity contribution is -0.389. The molecule has 0 saturated heterocycles. The lowest BCUT2D eigenvalue weighted by Crippen LogP contribution is -1.99. The first-order chi connectivity index (χ1) is 8.47. The number of hydrogen-bond donors (Lipinski definition) is 1. The molecule has 1 N–H and O–H groups in total. The number of carboxylic acid groups (broad SMARTS) is 1. The van der Waals surface area contributed by atoms with Crippen LogP contribution in [0.25, 0.3) is 5.69 Å². The maximum Gasteiger partial charge on any atom is 0.381 e. The fourth-order valence-electron chi connectivity index (χ4n) is 1.39. The van der Waals surface area contributed by atoms with E-state index >= 15 is 0 Å². The highest BCUT2D eigenvalue weighted by Crippen LogP contribution is 2.20. The van der Waals surface area contributed by atoms with Gasteiger partial charge in [-0.3, -0.25) is 4.57 Å². The van der Waals surface area contributed by atoms with Gasteiger partial charge in [0.25, 0.3) is 0 Å². The second-order valence-corrected chi connectivity index (χ2v) is 4.32. The lowest BCUT2D eigenvalue weighted by atomic mass is 10.2. The van der Waals surface area contributed by atoms with E-state index in [2.05, 4.69) is 20.9 Å². The van der Waals surface area contributed by atoms with Gasteiger partial charge in [-0.15, -0.1) is 0 Å². The van der Waals surface area contributed by atoms with Crippen molar-refractivity contribution in [3.63, 3.8) is 0 Å². The number of nitrogens with zero attached hydrogens (tertiary/aromatic N) is 3. The van der Waals surface area contributed by atoms with Crippen LogP contribution in [0.5, 0.6) is 0 Å². The Balaban J connectivity index is 2.49. The molecule has 0 fully saturated rings. The van der Waals surface area contributed by atoms with E-state index in [1.807, 2.05) is 0 Å². The molecule has 0 aliphatic rings. The number of carboxylic acids is 1. The summed E-state index contributed by atoms with van der Waals surface area (Å²) >= 11 is 3.18. The van der Waals surface area contributed by atoms with Gasteiger partial charge in [0, 0.05) is 4.47 Å². The molecule has 0 amide bonds. The molecule has 1 aromatic carbocycles. The Morgan fingerprint density at radius 3 is 2.72 bits per heavy atom. The van der Waals surface area contributed by atoms with Crippen molar-refractivity contribution in [2.75, 3.05) is 0 Å². The van der Waals surface area contributed by atoms with E-state index in [1.54, 1.807) is 6.07 Å². The van der Waals surface area contributed by atoms with Gasteiger partial charge in [0.2, 0.25) is 6.33 Å². The number of carbonyl (C=O) groups is 1. The topological polar surface area (TPSA) is 98.3 Å². The van der Waals surface area contributed by atoms with E-state index in [4.69, 9.17) is 5.11 Å². The molecule has 0 atom stereocenters. The molecule has 0 saturated carbocycles. The molecule has 2 rings (SSSR count). The lowest BCUT2D eigenvalue weighted by Gasteiger charge is -2.03. The van der Waals surface area contributed by atoms with Crippen molar-refractivity contribution in [1.82, 2.24) is 9.55 Å². The van der Waals surface area contributed by atoms with E-state index in [9.17, 15) is 14.9 Å². The minimum absolute atomic E-state index is 0.0794. The zero-order chi connectivity index (χ0) is 13.3. The van der Waals surface area contributed by atoms with Crippen LogP contribution in [-0.4, -0.2) is 25.6 Å². The van der Waals surface area contributed by atoms with Gasteiger partial charge in [-0.2, -0.15) is 0 Å². The number of nitro groups is 1. The average molecular weight is 312 g/mol. The molecular weight excluding hydrogens is 306 g/mol. The largest absolute Gasteiger partial charge is 0.478 e. The van der Waals surface area contributed by atoms with Crippen LogP contribution in [0.4, 0.5) is 5.82 Å². The number of aromatic carboxylic acids is 1. The molecule has 0 aliphatic carbocycles. The highest BCUT2D eigenvalue weighted by atomic mass is 79.9. The summed E-state index contributed by atoms with van der Waals surface area (Å²) in [5.74, 6) is -1.38. The number of imidazole rings is 1. The van der Waals surface area contributed by atoms with E-state index in [0.29, 0.717) is 10.2 Å². The first-order valence-electron chi connectivity index (χ1n) is 4.70. The third kappa shape index (κ3) is 2.38. The Bertz CT molecular complexity index is 638. The quantitative estimate of drug-likeness (QED) is 0.692. The van der Waals surface area contributed by atoms with Crippen molar-refractivity contribution >= 4 is 27.7 Å². The third-order valence-electron chi connectivity index (χ3n) is 2.18. The Hall–Kier alpha value is -2.22. The summed E-state index contributed by atoms with van der Waals surface area (Å²) in [5, 5.41) is 19.4. The van der Waals surface area contributed by atoms with E-state index in [0.717, 1.165) is 0 Å². The van der Waals surface area contributed by atoms with Crippen LogP contribution in [-0.2, 0) is 0 Å². The molecule has 92 valence electrons. The maximum atomic E-state index is 10.9. The van der Waals surface area contributed by atoms with Crippen molar-refractivity contribution in [1.29, 1.82) is 0 Å². The molecule has 18 heavy (non-hydrogen) atoms. The maximum absolute atomic E-state index is 10.9. The van der Waals surface area contributed by atoms with Gasteiger partial charge in [0.05, 0.1) is 11.3 Å². The van der Waals surface area contributed by atoms with E-state index in [1.165, 1.54) is 29.2 Å². The number of aromatic nitrogens is 2. The van der Waals surface area contributed by atoms with Gasteiger partial charge in [0.1, 0.15) is 6.20 Å². The fourth-order valence-corrected chi connectivity index (χ4v) is 1.88. The summed E-state index contributed by atoms with van der Waals surface area (Å²) in [5.41, 5.74) is 0.554. The predicted molar refractivity (Wildman–Crippen MR) is 64.9 cm³/mol. The normalized spacial score (nSPS) is 10.3. The molecule has 7 nitrogen and oxygen atoms in total. The van der Waals surface area contributed by atoms with Crippen LogP contribution in [0, 0.1) is 10.1 Å². The van der Waals surface area contributed by atoms with Crippen molar-refractivity contribution in [3.05, 3.63) is 50.9 Å². The molecule has 0 aliphatic heterocycles. The summed E-state index contributed by atoms with van der Waals surface area (Å²) in [6, 6.07) is 4.48. The average Bonchev–Trinajstić information content (AvgIpc) is 2.77. The standard InChI is InChI=1S/C10H6BrN3O4/c11-7-1-6(10(15)16)2-8(3-7)13-4-9(12-5-13)14(17)18/h1-5H,(H,15,16). The molecule has 8 heteroatoms. The first kappa shape index (κ1) is 12.2. The molecule has 0 bridgehead atoms. The molecule has 0 spiro atoms. The number of hydrogen-bond acceptors (Lipinski definition) is 4. The zero-order valence-electron chi connectivity index (χ0n) is 8.78. The van der Waals surface area contributed by atoms with Crippen molar-refractivity contribution in [2.24, 2.45) is 0 Å². The molecule has 0 unspecified atom stereocenters. The second kappa shape index (κ2) is 4.57. The fraction of sp³-hybridized carbons (Fsp3) is 0. The summed E-state index contributed by atoms with van der Waals surface area (Å²) in [4.78, 5) is 24.4. The van der Waals surface area contributed by atoms with Crippen LogP contribution in [0.15, 0.2) is 35.2 Å². The molecule has 2 aromatic rings. The van der Waals surface area contributed by atoms with Gasteiger partial charge < -0.3 is 15.2 Å². The predicted octanol–water partition coefficient (Wildman–Crippen LogP) is 2.24. The molecule has 1 aromatic heterocycles. The van der Waals surface area contributed by atoms with Crippen molar-refractivity contribution < 1.29 is 14.8 Å². The monoisotopic (exact) mass is 311 g/mol. The molecule has 1 heterocycles. The van der Waals surface area contributed by atoms with Crippen LogP contribution in [0.1, 0.15) is 10.4 Å². The highest BCUT2D eigenvalue weighted by Gasteiger charge is 2.13. The first-order valence-corrected chi connectivity index (χ1v) is 5.49. The van der Waals surface area contributed by atoms with Gasteiger partial charge in [-0.05, 0) is 28.1 Å². The Labute approximate surface area is 109 Å². The van der Waals surface area contributed by atoms with Gasteiger partial charge in [-0.25, -0.2) is 4.79 Å².